The topological polar surface area (TPSA) is 37.3 Å². The molecule has 0 aliphatic rings. The Bertz CT molecular complexity index is 596. The Balaban J connectivity index is 2.49. The second-order valence-electron chi connectivity index (χ2n) is 4.47. The van der Waals surface area contributed by atoms with Gasteiger partial charge in [0.2, 0.25) is 0 Å². The lowest BCUT2D eigenvalue weighted by Gasteiger charge is -2.07. The molecule has 0 aliphatic carbocycles. The summed E-state index contributed by atoms with van der Waals surface area (Å²) in [4.78, 5) is 10.9. The van der Waals surface area contributed by atoms with Crippen LogP contribution in [0.3, 0.4) is 0 Å². The molecule has 0 spiro atoms. The molecule has 100 valence electrons. The Morgan fingerprint density at radius 2 is 1.30 bits per heavy atom. The molecule has 0 radical (unpaired) electrons. The highest BCUT2D eigenvalue weighted by molar-refractivity contribution is 5.88. The lowest BCUT2D eigenvalue weighted by atomic mass is 9.97. The van der Waals surface area contributed by atoms with Gasteiger partial charge in [0.15, 0.2) is 0 Å². The molecule has 2 nitrogen and oxygen atoms in total. The minimum Gasteiger partial charge on any atom is -0.478 e. The standard InChI is InChI=1S/C18H16O2/c1-14(18(19)20)12-13-17(15-8-4-2-5-9-15)16-10-6-3-7-11-16/h2-13H,1H3,(H,19,20). The first-order chi connectivity index (χ1) is 9.68. The molecule has 0 fully saturated rings. The van der Waals surface area contributed by atoms with E-state index < -0.39 is 5.97 Å². The Hall–Kier alpha value is -2.61. The fraction of sp³-hybridized carbons (Fsp3) is 0.0556. The lowest BCUT2D eigenvalue weighted by Crippen LogP contribution is -1.95. The van der Waals surface area contributed by atoms with E-state index in [1.54, 1.807) is 13.0 Å². The van der Waals surface area contributed by atoms with E-state index in [0.29, 0.717) is 5.57 Å². The molecule has 2 aromatic rings. The quantitative estimate of drug-likeness (QED) is 0.665. The van der Waals surface area contributed by atoms with E-state index in [9.17, 15) is 4.79 Å². The molecule has 0 atom stereocenters. The summed E-state index contributed by atoms with van der Waals surface area (Å²) in [5, 5.41) is 8.94. The molecule has 0 bridgehead atoms. The van der Waals surface area contributed by atoms with Gasteiger partial charge in [-0.05, 0) is 23.6 Å². The van der Waals surface area contributed by atoms with Crippen LogP contribution in [0.1, 0.15) is 18.1 Å². The monoisotopic (exact) mass is 264 g/mol. The number of carboxylic acids is 1. The summed E-state index contributed by atoms with van der Waals surface area (Å²) in [5.74, 6) is -0.901. The molecule has 2 aromatic carbocycles. The third-order valence-corrected chi connectivity index (χ3v) is 3.01. The highest BCUT2D eigenvalue weighted by Crippen LogP contribution is 2.23. The molecule has 0 aliphatic heterocycles. The number of rotatable bonds is 4. The zero-order chi connectivity index (χ0) is 14.4. The maximum Gasteiger partial charge on any atom is 0.331 e. The highest BCUT2D eigenvalue weighted by atomic mass is 16.4. The molecule has 1 N–H and O–H groups in total. The van der Waals surface area contributed by atoms with Gasteiger partial charge in [0.05, 0.1) is 0 Å². The summed E-state index contributed by atoms with van der Waals surface area (Å²) in [6.45, 7) is 1.59. The number of aliphatic carboxylic acids is 1. The smallest absolute Gasteiger partial charge is 0.331 e. The third-order valence-electron chi connectivity index (χ3n) is 3.01. The molecule has 2 heteroatoms. The first-order valence-electron chi connectivity index (χ1n) is 6.41. The summed E-state index contributed by atoms with van der Waals surface area (Å²) >= 11 is 0. The molecule has 0 aromatic heterocycles. The number of benzene rings is 2. The van der Waals surface area contributed by atoms with Gasteiger partial charge >= 0.3 is 5.97 Å². The van der Waals surface area contributed by atoms with Crippen molar-refractivity contribution in [2.75, 3.05) is 0 Å². The van der Waals surface area contributed by atoms with Gasteiger partial charge in [-0.25, -0.2) is 4.79 Å². The zero-order valence-corrected chi connectivity index (χ0v) is 11.3. The summed E-state index contributed by atoms with van der Waals surface area (Å²) in [6, 6.07) is 19.9. The van der Waals surface area contributed by atoms with Gasteiger partial charge in [-0.1, -0.05) is 72.8 Å². The number of allylic oxidation sites excluding steroid dienone is 2. The van der Waals surface area contributed by atoms with Crippen LogP contribution >= 0.6 is 0 Å². The van der Waals surface area contributed by atoms with Crippen LogP contribution in [0.2, 0.25) is 0 Å². The molecule has 0 heterocycles. The van der Waals surface area contributed by atoms with E-state index in [2.05, 4.69) is 0 Å². The van der Waals surface area contributed by atoms with Crippen molar-refractivity contribution in [2.45, 2.75) is 6.92 Å². The summed E-state index contributed by atoms with van der Waals surface area (Å²) in [6.07, 6.45) is 3.49. The van der Waals surface area contributed by atoms with E-state index in [1.165, 1.54) is 0 Å². The van der Waals surface area contributed by atoms with Crippen LogP contribution in [0.25, 0.3) is 5.57 Å². The number of carboxylic acid groups (broad SMARTS) is 1. The van der Waals surface area contributed by atoms with Gasteiger partial charge in [0, 0.05) is 5.57 Å². The van der Waals surface area contributed by atoms with Crippen molar-refractivity contribution in [3.05, 3.63) is 89.5 Å². The zero-order valence-electron chi connectivity index (χ0n) is 11.3. The van der Waals surface area contributed by atoms with Crippen molar-refractivity contribution in [3.8, 4) is 0 Å². The van der Waals surface area contributed by atoms with Crippen LogP contribution in [0, 0.1) is 0 Å². The molecular formula is C18H16O2. The van der Waals surface area contributed by atoms with Crippen molar-refractivity contribution in [1.82, 2.24) is 0 Å². The average molecular weight is 264 g/mol. The van der Waals surface area contributed by atoms with Crippen molar-refractivity contribution in [3.63, 3.8) is 0 Å². The first kappa shape index (κ1) is 13.8. The predicted molar refractivity (Wildman–Crippen MR) is 81.4 cm³/mol. The Morgan fingerprint density at radius 1 is 0.850 bits per heavy atom. The van der Waals surface area contributed by atoms with E-state index in [1.807, 2.05) is 66.7 Å². The lowest BCUT2D eigenvalue weighted by molar-refractivity contribution is -0.132. The van der Waals surface area contributed by atoms with Gasteiger partial charge in [0.1, 0.15) is 0 Å². The Morgan fingerprint density at radius 3 is 1.70 bits per heavy atom. The van der Waals surface area contributed by atoms with Crippen molar-refractivity contribution in [2.24, 2.45) is 0 Å². The molecule has 0 saturated carbocycles. The van der Waals surface area contributed by atoms with Crippen LogP contribution < -0.4 is 0 Å². The summed E-state index contributed by atoms with van der Waals surface area (Å²) in [7, 11) is 0. The summed E-state index contributed by atoms with van der Waals surface area (Å²) in [5.41, 5.74) is 3.45. The Kier molecular flexibility index (Phi) is 4.51. The first-order valence-corrected chi connectivity index (χ1v) is 6.41. The second-order valence-corrected chi connectivity index (χ2v) is 4.47. The normalized spacial score (nSPS) is 10.9. The van der Waals surface area contributed by atoms with Gasteiger partial charge < -0.3 is 5.11 Å². The van der Waals surface area contributed by atoms with Gasteiger partial charge in [0.25, 0.3) is 0 Å². The van der Waals surface area contributed by atoms with Crippen molar-refractivity contribution in [1.29, 1.82) is 0 Å². The van der Waals surface area contributed by atoms with Gasteiger partial charge in [-0.15, -0.1) is 0 Å². The SMILES string of the molecule is CC(=CC=C(c1ccccc1)c1ccccc1)C(=O)O. The van der Waals surface area contributed by atoms with Crippen molar-refractivity contribution >= 4 is 11.5 Å². The van der Waals surface area contributed by atoms with Gasteiger partial charge in [-0.3, -0.25) is 0 Å². The van der Waals surface area contributed by atoms with E-state index in [4.69, 9.17) is 5.11 Å². The molecule has 0 saturated heterocycles. The predicted octanol–water partition coefficient (Wildman–Crippen LogP) is 4.15. The largest absolute Gasteiger partial charge is 0.478 e. The molecular weight excluding hydrogens is 248 g/mol. The van der Waals surface area contributed by atoms with Crippen LogP contribution in [0.15, 0.2) is 78.4 Å². The molecule has 0 unspecified atom stereocenters. The molecule has 2 rings (SSSR count). The molecule has 0 amide bonds. The maximum absolute atomic E-state index is 10.9. The van der Waals surface area contributed by atoms with Crippen LogP contribution in [0.4, 0.5) is 0 Å². The van der Waals surface area contributed by atoms with E-state index in [-0.39, 0.29) is 0 Å². The third kappa shape index (κ3) is 3.45. The number of hydrogen-bond acceptors (Lipinski definition) is 1. The highest BCUT2D eigenvalue weighted by Gasteiger charge is 2.04. The van der Waals surface area contributed by atoms with Crippen LogP contribution in [-0.2, 0) is 4.79 Å². The Labute approximate surface area is 118 Å². The fourth-order valence-electron chi connectivity index (χ4n) is 1.87. The fourth-order valence-corrected chi connectivity index (χ4v) is 1.87. The minimum absolute atomic E-state index is 0.314. The van der Waals surface area contributed by atoms with Crippen LogP contribution in [-0.4, -0.2) is 11.1 Å². The van der Waals surface area contributed by atoms with Crippen molar-refractivity contribution < 1.29 is 9.90 Å². The molecule has 20 heavy (non-hydrogen) atoms. The van der Waals surface area contributed by atoms with E-state index >= 15 is 0 Å². The van der Waals surface area contributed by atoms with E-state index in [0.717, 1.165) is 16.7 Å². The number of hydrogen-bond donors (Lipinski definition) is 1. The summed E-state index contributed by atoms with van der Waals surface area (Å²) < 4.78 is 0. The van der Waals surface area contributed by atoms with Crippen LogP contribution in [0.5, 0.6) is 0 Å². The average Bonchev–Trinajstić information content (AvgIpc) is 2.49. The number of carbonyl (C=O) groups is 1. The maximum atomic E-state index is 10.9. The second kappa shape index (κ2) is 6.53. The van der Waals surface area contributed by atoms with Gasteiger partial charge in [-0.2, -0.15) is 0 Å². The minimum atomic E-state index is -0.901.